The van der Waals surface area contributed by atoms with Crippen LogP contribution in [0.5, 0.6) is 5.75 Å². The van der Waals surface area contributed by atoms with Gasteiger partial charge in [-0.2, -0.15) is 0 Å². The van der Waals surface area contributed by atoms with Crippen molar-refractivity contribution in [2.75, 3.05) is 0 Å². The van der Waals surface area contributed by atoms with E-state index in [1.54, 1.807) is 11.3 Å². The third-order valence-corrected chi connectivity index (χ3v) is 5.31. The van der Waals surface area contributed by atoms with Crippen LogP contribution < -0.4 is 4.74 Å². The molecule has 1 aromatic heterocycles. The lowest BCUT2D eigenvalue weighted by molar-refractivity contribution is 0.307. The highest BCUT2D eigenvalue weighted by atomic mass is 35.5. The van der Waals surface area contributed by atoms with Crippen molar-refractivity contribution in [2.45, 2.75) is 6.61 Å². The second-order valence-corrected chi connectivity index (χ2v) is 7.22. The van der Waals surface area contributed by atoms with Crippen LogP contribution in [0.1, 0.15) is 5.56 Å². The predicted octanol–water partition coefficient (Wildman–Crippen LogP) is 7.11. The Labute approximate surface area is 162 Å². The van der Waals surface area contributed by atoms with Crippen molar-refractivity contribution in [3.63, 3.8) is 0 Å². The topological polar surface area (TPSA) is 9.23 Å². The molecule has 127 valence electrons. The molecule has 4 rings (SSSR count). The summed E-state index contributed by atoms with van der Waals surface area (Å²) in [5, 5.41) is 2.80. The molecule has 1 radical (unpaired) electrons. The van der Waals surface area contributed by atoms with Gasteiger partial charge in [-0.05, 0) is 46.8 Å². The van der Waals surface area contributed by atoms with Gasteiger partial charge in [0.25, 0.3) is 0 Å². The lowest BCUT2D eigenvalue weighted by Crippen LogP contribution is -1.97. The fourth-order valence-electron chi connectivity index (χ4n) is 2.86. The van der Waals surface area contributed by atoms with Gasteiger partial charge in [0, 0.05) is 21.0 Å². The van der Waals surface area contributed by atoms with Gasteiger partial charge in [0.1, 0.15) is 12.4 Å². The number of hydrogen-bond donors (Lipinski definition) is 0. The average Bonchev–Trinajstić information content (AvgIpc) is 3.18. The van der Waals surface area contributed by atoms with Crippen LogP contribution in [-0.2, 0) is 6.61 Å². The van der Waals surface area contributed by atoms with Gasteiger partial charge in [0.05, 0.1) is 0 Å². The van der Waals surface area contributed by atoms with E-state index >= 15 is 0 Å². The lowest BCUT2D eigenvalue weighted by Gasteiger charge is -2.13. The Morgan fingerprint density at radius 2 is 1.69 bits per heavy atom. The van der Waals surface area contributed by atoms with E-state index in [-0.39, 0.29) is 0 Å². The molecule has 0 fully saturated rings. The first-order valence-corrected chi connectivity index (χ1v) is 9.57. The molecule has 26 heavy (non-hydrogen) atoms. The number of halogens is 1. The largest absolute Gasteiger partial charge is 0.488 e. The zero-order chi connectivity index (χ0) is 17.8. The van der Waals surface area contributed by atoms with E-state index in [0.29, 0.717) is 11.6 Å². The lowest BCUT2D eigenvalue weighted by atomic mass is 10.0. The van der Waals surface area contributed by atoms with E-state index in [1.165, 1.54) is 10.4 Å². The van der Waals surface area contributed by atoms with Crippen molar-refractivity contribution in [1.29, 1.82) is 0 Å². The van der Waals surface area contributed by atoms with Gasteiger partial charge < -0.3 is 4.74 Å². The number of hydrogen-bond acceptors (Lipinski definition) is 2. The van der Waals surface area contributed by atoms with Gasteiger partial charge >= 0.3 is 0 Å². The highest BCUT2D eigenvalue weighted by Crippen LogP contribution is 2.41. The summed E-state index contributed by atoms with van der Waals surface area (Å²) in [6, 6.07) is 29.2. The Morgan fingerprint density at radius 3 is 2.50 bits per heavy atom. The molecule has 0 amide bonds. The normalized spacial score (nSPS) is 10.7. The number of thiophene rings is 1. The third-order valence-electron chi connectivity index (χ3n) is 4.11. The first-order valence-electron chi connectivity index (χ1n) is 8.32. The van der Waals surface area contributed by atoms with Crippen molar-refractivity contribution in [1.82, 2.24) is 0 Å². The molecule has 0 unspecified atom stereocenters. The van der Waals surface area contributed by atoms with Gasteiger partial charge in [-0.3, -0.25) is 0 Å². The van der Waals surface area contributed by atoms with Gasteiger partial charge in [-0.1, -0.05) is 66.2 Å². The van der Waals surface area contributed by atoms with E-state index < -0.39 is 0 Å². The van der Waals surface area contributed by atoms with Crippen LogP contribution in [0.15, 0.2) is 84.2 Å². The van der Waals surface area contributed by atoms with Gasteiger partial charge in [-0.25, -0.2) is 0 Å². The zero-order valence-corrected chi connectivity index (χ0v) is 15.6. The maximum atomic E-state index is 6.29. The standard InChI is InChI=1S/C23H16ClOS/c24-19-11-12-22(25-16-17-7-3-1-4-8-17)21(15-19)20-13-14-26-23(20)18-9-5-2-6-10-18/h1,3-15H,16H2. The van der Waals surface area contributed by atoms with Crippen molar-refractivity contribution >= 4 is 22.9 Å². The van der Waals surface area contributed by atoms with Crippen molar-refractivity contribution < 1.29 is 4.74 Å². The molecule has 0 bridgehead atoms. The summed E-state index contributed by atoms with van der Waals surface area (Å²) in [4.78, 5) is 1.20. The second-order valence-electron chi connectivity index (χ2n) is 5.87. The molecule has 0 N–H and O–H groups in total. The quantitative estimate of drug-likeness (QED) is 0.361. The SMILES string of the molecule is Clc1ccc(OCc2ccccc2)c(-c2ccsc2-c2cc[c]cc2)c1. The van der Waals surface area contributed by atoms with E-state index in [9.17, 15) is 0 Å². The van der Waals surface area contributed by atoms with Crippen LogP contribution in [0.25, 0.3) is 21.6 Å². The molecule has 1 heterocycles. The van der Waals surface area contributed by atoms with Crippen molar-refractivity contribution in [2.24, 2.45) is 0 Å². The van der Waals surface area contributed by atoms with Crippen LogP contribution in [0, 0.1) is 6.07 Å². The van der Waals surface area contributed by atoms with Gasteiger partial charge in [0.15, 0.2) is 0 Å². The summed E-state index contributed by atoms with van der Waals surface area (Å²) in [5.74, 6) is 0.834. The van der Waals surface area contributed by atoms with Crippen LogP contribution in [0.4, 0.5) is 0 Å². The maximum absolute atomic E-state index is 6.29. The van der Waals surface area contributed by atoms with E-state index in [0.717, 1.165) is 22.4 Å². The molecular formula is C23H16ClOS. The van der Waals surface area contributed by atoms with Crippen LogP contribution in [0.2, 0.25) is 5.02 Å². The smallest absolute Gasteiger partial charge is 0.127 e. The molecule has 4 aromatic rings. The van der Waals surface area contributed by atoms with Crippen LogP contribution >= 0.6 is 22.9 Å². The highest BCUT2D eigenvalue weighted by molar-refractivity contribution is 7.14. The molecular weight excluding hydrogens is 360 g/mol. The first-order chi connectivity index (χ1) is 12.8. The van der Waals surface area contributed by atoms with Crippen molar-refractivity contribution in [3.8, 4) is 27.3 Å². The molecule has 3 heteroatoms. The first kappa shape index (κ1) is 16.9. The monoisotopic (exact) mass is 375 g/mol. The van der Waals surface area contributed by atoms with Gasteiger partial charge in [0.2, 0.25) is 0 Å². The minimum Gasteiger partial charge on any atom is -0.488 e. The summed E-state index contributed by atoms with van der Waals surface area (Å²) >= 11 is 8.01. The summed E-state index contributed by atoms with van der Waals surface area (Å²) in [7, 11) is 0. The molecule has 0 saturated heterocycles. The summed E-state index contributed by atoms with van der Waals surface area (Å²) in [6.45, 7) is 0.523. The Hall–Kier alpha value is -2.55. The summed E-state index contributed by atoms with van der Waals surface area (Å²) in [6.07, 6.45) is 0. The minimum atomic E-state index is 0.523. The van der Waals surface area contributed by atoms with E-state index in [1.807, 2.05) is 48.5 Å². The fraction of sp³-hybridized carbons (Fsp3) is 0.0435. The molecule has 0 atom stereocenters. The average molecular weight is 376 g/mol. The van der Waals surface area contributed by atoms with Crippen LogP contribution in [0.3, 0.4) is 0 Å². The molecule has 0 aliphatic carbocycles. The summed E-state index contributed by atoms with van der Waals surface area (Å²) in [5.41, 5.74) is 4.45. The molecule has 0 aliphatic heterocycles. The molecule has 3 aromatic carbocycles. The van der Waals surface area contributed by atoms with Crippen LogP contribution in [-0.4, -0.2) is 0 Å². The Morgan fingerprint density at radius 1 is 0.885 bits per heavy atom. The Kier molecular flexibility index (Phi) is 5.05. The molecule has 0 spiro atoms. The predicted molar refractivity (Wildman–Crippen MR) is 110 cm³/mol. The zero-order valence-electron chi connectivity index (χ0n) is 14.0. The Bertz CT molecular complexity index is 993. The highest BCUT2D eigenvalue weighted by Gasteiger charge is 2.14. The van der Waals surface area contributed by atoms with E-state index in [4.69, 9.17) is 16.3 Å². The fourth-order valence-corrected chi connectivity index (χ4v) is 3.95. The number of benzene rings is 3. The van der Waals surface area contributed by atoms with Crippen molar-refractivity contribution in [3.05, 3.63) is 101 Å². The molecule has 0 saturated carbocycles. The maximum Gasteiger partial charge on any atom is 0.127 e. The van der Waals surface area contributed by atoms with Gasteiger partial charge in [-0.15, -0.1) is 11.3 Å². The summed E-state index contributed by atoms with van der Waals surface area (Å²) < 4.78 is 6.13. The Balaban J connectivity index is 1.71. The molecule has 0 aliphatic rings. The number of ether oxygens (including phenoxy) is 1. The van der Waals surface area contributed by atoms with E-state index in [2.05, 4.69) is 41.8 Å². The molecule has 1 nitrogen and oxygen atoms in total. The third kappa shape index (κ3) is 3.67. The second kappa shape index (κ2) is 7.77. The number of rotatable bonds is 5. The minimum absolute atomic E-state index is 0.523.